The van der Waals surface area contributed by atoms with Crippen molar-refractivity contribution in [3.05, 3.63) is 76.4 Å². The Morgan fingerprint density at radius 3 is 2.52 bits per heavy atom. The van der Waals surface area contributed by atoms with E-state index in [0.29, 0.717) is 25.1 Å². The van der Waals surface area contributed by atoms with E-state index in [-0.39, 0.29) is 36.6 Å². The highest BCUT2D eigenvalue weighted by atomic mass is 32.1. The summed E-state index contributed by atoms with van der Waals surface area (Å²) in [7, 11) is 0. The summed E-state index contributed by atoms with van der Waals surface area (Å²) in [5.41, 5.74) is 5.16. The van der Waals surface area contributed by atoms with Gasteiger partial charge in [0.25, 0.3) is 5.91 Å². The molecule has 3 atom stereocenters. The standard InChI is InChI=1S/C31H36N4O4S/c1-5-31(39)14-25(28(36)32-15-21-10-12-22(13-11-21)27-20(4)33-18-40-27)35(17-31)30(38)26(19(2)3)34-16-23-8-6-7-9-24(23)29(34)37/h6-13,18-19,25-26,39H,5,14-17H2,1-4H3,(H,32,36)/t25-,26-,31-/m0/s1. The fourth-order valence-electron chi connectivity index (χ4n) is 5.79. The number of benzene rings is 2. The molecule has 2 aliphatic heterocycles. The number of hydrogen-bond acceptors (Lipinski definition) is 6. The van der Waals surface area contributed by atoms with E-state index in [0.717, 1.165) is 27.3 Å². The van der Waals surface area contributed by atoms with Crippen LogP contribution in [-0.4, -0.2) is 61.8 Å². The van der Waals surface area contributed by atoms with Crippen LogP contribution in [0.2, 0.25) is 0 Å². The molecule has 0 bridgehead atoms. The summed E-state index contributed by atoms with van der Waals surface area (Å²) >= 11 is 1.59. The Morgan fingerprint density at radius 2 is 1.90 bits per heavy atom. The van der Waals surface area contributed by atoms with Crippen LogP contribution in [0.15, 0.2) is 54.0 Å². The van der Waals surface area contributed by atoms with E-state index < -0.39 is 17.7 Å². The zero-order valence-corrected chi connectivity index (χ0v) is 24.2. The molecule has 1 aromatic heterocycles. The van der Waals surface area contributed by atoms with Gasteiger partial charge in [-0.3, -0.25) is 14.4 Å². The Morgan fingerprint density at radius 1 is 1.18 bits per heavy atom. The lowest BCUT2D eigenvalue weighted by Gasteiger charge is -2.35. The molecule has 3 amide bonds. The predicted octanol–water partition coefficient (Wildman–Crippen LogP) is 4.16. The van der Waals surface area contributed by atoms with Gasteiger partial charge in [0.2, 0.25) is 11.8 Å². The molecule has 1 fully saturated rings. The fourth-order valence-corrected chi connectivity index (χ4v) is 6.61. The van der Waals surface area contributed by atoms with E-state index >= 15 is 0 Å². The van der Waals surface area contributed by atoms with Crippen LogP contribution in [0.5, 0.6) is 0 Å². The number of aromatic nitrogens is 1. The van der Waals surface area contributed by atoms with Crippen LogP contribution in [0, 0.1) is 12.8 Å². The Labute approximate surface area is 239 Å². The third kappa shape index (κ3) is 5.28. The highest BCUT2D eigenvalue weighted by Crippen LogP contribution is 2.34. The van der Waals surface area contributed by atoms with Gasteiger partial charge >= 0.3 is 0 Å². The Kier molecular flexibility index (Phi) is 7.79. The maximum atomic E-state index is 14.1. The lowest BCUT2D eigenvalue weighted by molar-refractivity contribution is -0.143. The largest absolute Gasteiger partial charge is 0.388 e. The second kappa shape index (κ2) is 11.1. The summed E-state index contributed by atoms with van der Waals surface area (Å²) in [6.07, 6.45) is 0.573. The third-order valence-corrected chi connectivity index (χ3v) is 9.13. The van der Waals surface area contributed by atoms with Crippen LogP contribution in [0.25, 0.3) is 10.4 Å². The third-order valence-electron chi connectivity index (χ3n) is 8.16. The molecule has 210 valence electrons. The molecule has 0 saturated carbocycles. The first kappa shape index (κ1) is 28.0. The van der Waals surface area contributed by atoms with E-state index in [4.69, 9.17) is 0 Å². The van der Waals surface area contributed by atoms with Crippen molar-refractivity contribution >= 4 is 29.1 Å². The van der Waals surface area contributed by atoms with E-state index in [1.807, 2.05) is 75.7 Å². The van der Waals surface area contributed by atoms with E-state index in [1.165, 1.54) is 4.90 Å². The summed E-state index contributed by atoms with van der Waals surface area (Å²) in [6.45, 7) is 8.37. The minimum absolute atomic E-state index is 0.0571. The molecule has 2 aromatic carbocycles. The SMILES string of the molecule is CC[C@]1(O)C[C@@H](C(=O)NCc2ccc(-c3scnc3C)cc2)N(C(=O)[C@H](C(C)C)N2Cc3ccccc3C2=O)C1. The molecule has 0 radical (unpaired) electrons. The van der Waals surface area contributed by atoms with Crippen LogP contribution in [0.4, 0.5) is 0 Å². The number of carbonyl (C=O) groups excluding carboxylic acids is 3. The van der Waals surface area contributed by atoms with Crippen LogP contribution in [0.1, 0.15) is 60.8 Å². The van der Waals surface area contributed by atoms with E-state index in [9.17, 15) is 19.5 Å². The lowest BCUT2D eigenvalue weighted by Crippen LogP contribution is -2.55. The lowest BCUT2D eigenvalue weighted by atomic mass is 9.97. The summed E-state index contributed by atoms with van der Waals surface area (Å²) in [5.74, 6) is -0.959. The Hall–Kier alpha value is -3.56. The zero-order valence-electron chi connectivity index (χ0n) is 23.4. The van der Waals surface area contributed by atoms with Crippen LogP contribution >= 0.6 is 11.3 Å². The highest BCUT2D eigenvalue weighted by molar-refractivity contribution is 7.13. The molecule has 9 heteroatoms. The number of β-amino-alcohol motifs (C(OH)–C–C–N with tert-alkyl or cyclic N) is 1. The van der Waals surface area contributed by atoms with Crippen molar-refractivity contribution < 1.29 is 19.5 Å². The molecular formula is C31H36N4O4S. The Bertz CT molecular complexity index is 1420. The molecule has 0 spiro atoms. The van der Waals surface area contributed by atoms with Crippen molar-refractivity contribution in [3.63, 3.8) is 0 Å². The fraction of sp³-hybridized carbons (Fsp3) is 0.419. The van der Waals surface area contributed by atoms with Gasteiger partial charge in [-0.05, 0) is 42.0 Å². The van der Waals surface area contributed by atoms with Gasteiger partial charge in [-0.25, -0.2) is 4.98 Å². The van der Waals surface area contributed by atoms with E-state index in [2.05, 4.69) is 10.3 Å². The maximum Gasteiger partial charge on any atom is 0.255 e. The van der Waals surface area contributed by atoms with Gasteiger partial charge in [-0.1, -0.05) is 63.2 Å². The number of thiazole rings is 1. The minimum Gasteiger partial charge on any atom is -0.388 e. The normalized spacial score (nSPS) is 21.1. The topological polar surface area (TPSA) is 103 Å². The first-order chi connectivity index (χ1) is 19.1. The van der Waals surface area contributed by atoms with Gasteiger partial charge in [0.1, 0.15) is 12.1 Å². The zero-order chi connectivity index (χ0) is 28.6. The molecule has 5 rings (SSSR count). The number of aliphatic hydroxyl groups is 1. The quantitative estimate of drug-likeness (QED) is 0.431. The summed E-state index contributed by atoms with van der Waals surface area (Å²) in [6, 6.07) is 13.8. The first-order valence-electron chi connectivity index (χ1n) is 13.8. The van der Waals surface area contributed by atoms with Crippen LogP contribution in [-0.2, 0) is 22.7 Å². The molecule has 2 N–H and O–H groups in total. The second-order valence-corrected chi connectivity index (χ2v) is 12.1. The number of rotatable bonds is 8. The van der Waals surface area contributed by atoms with Crippen molar-refractivity contribution in [2.45, 2.75) is 71.3 Å². The highest BCUT2D eigenvalue weighted by Gasteiger charge is 2.50. The molecular weight excluding hydrogens is 524 g/mol. The molecule has 2 aliphatic rings. The summed E-state index contributed by atoms with van der Waals surface area (Å²) in [5, 5.41) is 14.2. The van der Waals surface area contributed by atoms with Crippen molar-refractivity contribution in [1.82, 2.24) is 20.1 Å². The molecule has 1 saturated heterocycles. The summed E-state index contributed by atoms with van der Waals surface area (Å²) in [4.78, 5) is 49.4. The van der Waals surface area contributed by atoms with Gasteiger partial charge in [0.05, 0.1) is 28.2 Å². The molecule has 3 heterocycles. The molecule has 0 unspecified atom stereocenters. The first-order valence-corrected chi connectivity index (χ1v) is 14.7. The van der Waals surface area contributed by atoms with Gasteiger partial charge in [0.15, 0.2) is 0 Å². The molecule has 3 aromatic rings. The second-order valence-electron chi connectivity index (χ2n) is 11.2. The van der Waals surface area contributed by atoms with Gasteiger partial charge in [-0.15, -0.1) is 11.3 Å². The number of nitrogens with zero attached hydrogens (tertiary/aromatic N) is 3. The number of amides is 3. The van der Waals surface area contributed by atoms with Crippen LogP contribution in [0.3, 0.4) is 0 Å². The number of fused-ring (bicyclic) bond motifs is 1. The van der Waals surface area contributed by atoms with Gasteiger partial charge in [0, 0.05) is 25.1 Å². The average Bonchev–Trinajstić information content (AvgIpc) is 3.63. The maximum absolute atomic E-state index is 14.1. The number of likely N-dealkylation sites (tertiary alicyclic amines) is 1. The number of carbonyl (C=O) groups is 3. The van der Waals surface area contributed by atoms with Crippen molar-refractivity contribution in [2.75, 3.05) is 6.54 Å². The number of hydrogen-bond donors (Lipinski definition) is 2. The van der Waals surface area contributed by atoms with Gasteiger partial charge < -0.3 is 20.2 Å². The van der Waals surface area contributed by atoms with Crippen LogP contribution < -0.4 is 5.32 Å². The minimum atomic E-state index is -1.16. The number of aryl methyl sites for hydroxylation is 1. The summed E-state index contributed by atoms with van der Waals surface area (Å²) < 4.78 is 0. The molecule has 0 aliphatic carbocycles. The van der Waals surface area contributed by atoms with Crippen molar-refractivity contribution in [1.29, 1.82) is 0 Å². The van der Waals surface area contributed by atoms with E-state index in [1.54, 1.807) is 22.3 Å². The van der Waals surface area contributed by atoms with Gasteiger partial charge in [-0.2, -0.15) is 0 Å². The molecule has 40 heavy (non-hydrogen) atoms. The monoisotopic (exact) mass is 560 g/mol. The van der Waals surface area contributed by atoms with Crippen molar-refractivity contribution in [3.8, 4) is 10.4 Å². The Balaban J connectivity index is 1.32. The number of nitrogens with one attached hydrogen (secondary N) is 1. The smallest absolute Gasteiger partial charge is 0.255 e. The average molecular weight is 561 g/mol. The molecule has 8 nitrogen and oxygen atoms in total. The predicted molar refractivity (Wildman–Crippen MR) is 154 cm³/mol. The van der Waals surface area contributed by atoms with Crippen molar-refractivity contribution in [2.24, 2.45) is 5.92 Å².